The molecule has 3 heterocycles. The van der Waals surface area contributed by atoms with Crippen LogP contribution in [0.1, 0.15) is 59.4 Å². The fourth-order valence-corrected chi connectivity index (χ4v) is 5.54. The van der Waals surface area contributed by atoms with Crippen molar-refractivity contribution < 1.29 is 19.4 Å². The van der Waals surface area contributed by atoms with Gasteiger partial charge in [0.25, 0.3) is 17.4 Å². The van der Waals surface area contributed by atoms with Crippen molar-refractivity contribution in [1.82, 2.24) is 14.8 Å². The number of H-pyrrole nitrogens is 1. The SMILES string of the molecule is CCc1cc(C)[nH]c(=O)c1CN1CCc2c(Cl)cc(OC3CCN(C(=O)[C@@H](C)O)CC3)c(Cl)c2C1=O. The van der Waals surface area contributed by atoms with Crippen LogP contribution in [-0.4, -0.2) is 63.5 Å². The summed E-state index contributed by atoms with van der Waals surface area (Å²) in [5, 5.41) is 10.2. The van der Waals surface area contributed by atoms with Gasteiger partial charge in [0, 0.05) is 54.8 Å². The van der Waals surface area contributed by atoms with Gasteiger partial charge in [0.1, 0.15) is 18.0 Å². The number of ether oxygens (including phenoxy) is 1. The first-order valence-electron chi connectivity index (χ1n) is 12.3. The third-order valence-corrected chi connectivity index (χ3v) is 7.63. The van der Waals surface area contributed by atoms with Crippen LogP contribution in [0.2, 0.25) is 10.0 Å². The van der Waals surface area contributed by atoms with Crippen LogP contribution in [0.25, 0.3) is 0 Å². The number of rotatable bonds is 6. The Morgan fingerprint density at radius 3 is 2.56 bits per heavy atom. The van der Waals surface area contributed by atoms with Crippen LogP contribution in [0.5, 0.6) is 5.75 Å². The molecule has 2 aromatic rings. The van der Waals surface area contributed by atoms with Gasteiger partial charge in [0.05, 0.1) is 17.1 Å². The van der Waals surface area contributed by atoms with Crippen molar-refractivity contribution in [2.24, 2.45) is 0 Å². The highest BCUT2D eigenvalue weighted by Crippen LogP contribution is 2.40. The molecule has 2 aliphatic heterocycles. The predicted molar refractivity (Wildman–Crippen MR) is 138 cm³/mol. The lowest BCUT2D eigenvalue weighted by Gasteiger charge is -2.34. The number of amides is 2. The van der Waals surface area contributed by atoms with E-state index in [0.717, 1.165) is 11.3 Å². The van der Waals surface area contributed by atoms with E-state index in [-0.39, 0.29) is 35.0 Å². The van der Waals surface area contributed by atoms with Crippen LogP contribution in [0.3, 0.4) is 0 Å². The summed E-state index contributed by atoms with van der Waals surface area (Å²) in [4.78, 5) is 44.3. The molecule has 36 heavy (non-hydrogen) atoms. The Morgan fingerprint density at radius 1 is 1.22 bits per heavy atom. The maximum absolute atomic E-state index is 13.5. The smallest absolute Gasteiger partial charge is 0.256 e. The Morgan fingerprint density at radius 2 is 1.92 bits per heavy atom. The normalized spacial score (nSPS) is 17.2. The van der Waals surface area contributed by atoms with Crippen LogP contribution in [-0.2, 0) is 24.2 Å². The van der Waals surface area contributed by atoms with Gasteiger partial charge in [-0.3, -0.25) is 14.4 Å². The number of fused-ring (bicyclic) bond motifs is 1. The van der Waals surface area contributed by atoms with E-state index in [4.69, 9.17) is 27.9 Å². The number of aromatic amines is 1. The second-order valence-electron chi connectivity index (χ2n) is 9.46. The number of carbonyl (C=O) groups excluding carboxylic acids is 2. The zero-order valence-corrected chi connectivity index (χ0v) is 22.2. The Labute approximate surface area is 220 Å². The summed E-state index contributed by atoms with van der Waals surface area (Å²) < 4.78 is 6.15. The summed E-state index contributed by atoms with van der Waals surface area (Å²) in [5.41, 5.74) is 3.08. The number of piperidine rings is 1. The van der Waals surface area contributed by atoms with Crippen LogP contribution in [0.15, 0.2) is 16.9 Å². The highest BCUT2D eigenvalue weighted by atomic mass is 35.5. The Kier molecular flexibility index (Phi) is 7.97. The molecule has 1 saturated heterocycles. The standard InChI is InChI=1S/C26H31Cl2N3O5/c1-4-16-11-14(2)29-24(33)19(16)13-31-10-7-18-20(27)12-21(23(28)22(18)26(31)35)36-17-5-8-30(9-6-17)25(34)15(3)32/h11-12,15,17,32H,4-10,13H2,1-3H3,(H,29,33)/t15-/m1/s1. The molecule has 194 valence electrons. The maximum Gasteiger partial charge on any atom is 0.256 e. The molecule has 1 aromatic carbocycles. The summed E-state index contributed by atoms with van der Waals surface area (Å²) in [6, 6.07) is 3.59. The van der Waals surface area contributed by atoms with Crippen LogP contribution in [0, 0.1) is 6.92 Å². The van der Waals surface area contributed by atoms with Gasteiger partial charge in [-0.1, -0.05) is 30.1 Å². The van der Waals surface area contributed by atoms with Crippen molar-refractivity contribution >= 4 is 35.0 Å². The number of benzene rings is 1. The first-order valence-corrected chi connectivity index (χ1v) is 13.0. The van der Waals surface area contributed by atoms with Gasteiger partial charge in [-0.2, -0.15) is 0 Å². The molecule has 0 aliphatic carbocycles. The van der Waals surface area contributed by atoms with Gasteiger partial charge < -0.3 is 24.6 Å². The molecular formula is C26H31Cl2N3O5. The summed E-state index contributed by atoms with van der Waals surface area (Å²) in [6.45, 7) is 6.81. The monoisotopic (exact) mass is 535 g/mol. The molecule has 1 aromatic heterocycles. The minimum Gasteiger partial charge on any atom is -0.489 e. The molecule has 8 nitrogen and oxygen atoms in total. The van der Waals surface area contributed by atoms with E-state index in [9.17, 15) is 19.5 Å². The largest absolute Gasteiger partial charge is 0.489 e. The third-order valence-electron chi connectivity index (χ3n) is 6.91. The minimum atomic E-state index is -1.03. The average Bonchev–Trinajstić information content (AvgIpc) is 2.84. The van der Waals surface area contributed by atoms with Crippen LogP contribution >= 0.6 is 23.2 Å². The maximum atomic E-state index is 13.5. The number of aryl methyl sites for hydroxylation is 2. The molecule has 1 atom stereocenters. The van der Waals surface area contributed by atoms with E-state index < -0.39 is 6.10 Å². The molecule has 4 rings (SSSR count). The predicted octanol–water partition coefficient (Wildman–Crippen LogP) is 3.50. The quantitative estimate of drug-likeness (QED) is 0.589. The number of likely N-dealkylation sites (tertiary alicyclic amines) is 1. The molecule has 10 heteroatoms. The molecule has 2 aliphatic rings. The highest BCUT2D eigenvalue weighted by Gasteiger charge is 2.33. The molecule has 0 radical (unpaired) electrons. The van der Waals surface area contributed by atoms with E-state index in [1.807, 2.05) is 19.9 Å². The van der Waals surface area contributed by atoms with E-state index in [2.05, 4.69) is 4.98 Å². The van der Waals surface area contributed by atoms with Crippen molar-refractivity contribution in [3.8, 4) is 5.75 Å². The van der Waals surface area contributed by atoms with Gasteiger partial charge in [-0.25, -0.2) is 0 Å². The number of hydrogen-bond donors (Lipinski definition) is 2. The van der Waals surface area contributed by atoms with Gasteiger partial charge in [0.15, 0.2) is 0 Å². The first kappa shape index (κ1) is 26.5. The first-order chi connectivity index (χ1) is 17.1. The van der Waals surface area contributed by atoms with Crippen molar-refractivity contribution in [3.05, 3.63) is 60.5 Å². The number of aliphatic hydroxyl groups excluding tert-OH is 1. The fraction of sp³-hybridized carbons (Fsp3) is 0.500. The zero-order chi connectivity index (χ0) is 26.1. The molecule has 1 fully saturated rings. The van der Waals surface area contributed by atoms with Gasteiger partial charge in [0.2, 0.25) is 0 Å². The Hall–Kier alpha value is -2.55. The molecule has 0 saturated carbocycles. The number of nitrogens with zero attached hydrogens (tertiary/aromatic N) is 2. The van der Waals surface area contributed by atoms with E-state index in [0.29, 0.717) is 72.8 Å². The number of nitrogens with one attached hydrogen (secondary N) is 1. The number of aromatic nitrogens is 1. The van der Waals surface area contributed by atoms with Gasteiger partial charge in [-0.05, 0) is 43.9 Å². The molecule has 0 unspecified atom stereocenters. The summed E-state index contributed by atoms with van der Waals surface area (Å²) in [7, 11) is 0. The lowest BCUT2D eigenvalue weighted by molar-refractivity contribution is -0.141. The van der Waals surface area contributed by atoms with E-state index in [1.165, 1.54) is 6.92 Å². The number of halogens is 2. The van der Waals surface area contributed by atoms with Gasteiger partial charge >= 0.3 is 0 Å². The molecule has 0 bridgehead atoms. The second-order valence-corrected chi connectivity index (χ2v) is 10.2. The van der Waals surface area contributed by atoms with Crippen molar-refractivity contribution in [2.75, 3.05) is 19.6 Å². The second kappa shape index (κ2) is 10.8. The lowest BCUT2D eigenvalue weighted by Crippen LogP contribution is -2.45. The van der Waals surface area contributed by atoms with Crippen molar-refractivity contribution in [3.63, 3.8) is 0 Å². The molecular weight excluding hydrogens is 505 g/mol. The summed E-state index contributed by atoms with van der Waals surface area (Å²) >= 11 is 13.3. The zero-order valence-electron chi connectivity index (χ0n) is 20.7. The molecule has 2 amide bonds. The number of aliphatic hydroxyl groups is 1. The summed E-state index contributed by atoms with van der Waals surface area (Å²) in [5.74, 6) is -0.251. The van der Waals surface area contributed by atoms with Crippen molar-refractivity contribution in [2.45, 2.75) is 65.2 Å². The lowest BCUT2D eigenvalue weighted by atomic mass is 9.97. The van der Waals surface area contributed by atoms with Crippen LogP contribution < -0.4 is 10.3 Å². The average molecular weight is 536 g/mol. The fourth-order valence-electron chi connectivity index (χ4n) is 4.95. The van der Waals surface area contributed by atoms with Crippen molar-refractivity contribution in [1.29, 1.82) is 0 Å². The summed E-state index contributed by atoms with van der Waals surface area (Å²) in [6.07, 6.45) is 1.10. The van der Waals surface area contributed by atoms with Gasteiger partial charge in [-0.15, -0.1) is 0 Å². The number of pyridine rings is 1. The Bertz CT molecular complexity index is 1240. The van der Waals surface area contributed by atoms with E-state index >= 15 is 0 Å². The minimum absolute atomic E-state index is 0.186. The van der Waals surface area contributed by atoms with Crippen LogP contribution in [0.4, 0.5) is 0 Å². The number of carbonyl (C=O) groups is 2. The Balaban J connectivity index is 1.54. The third kappa shape index (κ3) is 5.26. The van der Waals surface area contributed by atoms with E-state index in [1.54, 1.807) is 15.9 Å². The highest BCUT2D eigenvalue weighted by molar-refractivity contribution is 6.38. The topological polar surface area (TPSA) is 103 Å². The molecule has 2 N–H and O–H groups in total. The number of hydrogen-bond acceptors (Lipinski definition) is 5. The molecule has 0 spiro atoms.